The largest absolute Gasteiger partial charge is 0.468 e. The van der Waals surface area contributed by atoms with E-state index in [0.717, 1.165) is 16.5 Å². The van der Waals surface area contributed by atoms with Gasteiger partial charge in [0, 0.05) is 22.1 Å². The lowest BCUT2D eigenvalue weighted by molar-refractivity contribution is -0.141. The fourth-order valence-electron chi connectivity index (χ4n) is 3.48. The minimum Gasteiger partial charge on any atom is -0.468 e. The summed E-state index contributed by atoms with van der Waals surface area (Å²) in [5.41, 5.74) is 3.04. The van der Waals surface area contributed by atoms with Crippen molar-refractivity contribution < 1.29 is 9.53 Å². The van der Waals surface area contributed by atoms with Crippen molar-refractivity contribution in [1.82, 2.24) is 4.23 Å². The third kappa shape index (κ3) is 3.51. The Labute approximate surface area is 173 Å². The number of halogens is 1. The van der Waals surface area contributed by atoms with Crippen LogP contribution in [0.25, 0.3) is 10.9 Å². The SMILES string of the molecule is COC(=O)[C@@H](c1ccc(Cl)cc1)c1cn([Si](C)(C)C(C)(C)C)c2ccccc12. The third-order valence-corrected chi connectivity index (χ3v) is 11.6. The van der Waals surface area contributed by atoms with E-state index in [-0.39, 0.29) is 11.0 Å². The second kappa shape index (κ2) is 7.41. The zero-order valence-corrected chi connectivity index (χ0v) is 19.2. The summed E-state index contributed by atoms with van der Waals surface area (Å²) in [7, 11) is -0.439. The molecule has 1 atom stereocenters. The Morgan fingerprint density at radius 3 is 2.25 bits per heavy atom. The summed E-state index contributed by atoms with van der Waals surface area (Å²) < 4.78 is 7.63. The second-order valence-electron chi connectivity index (χ2n) is 8.79. The molecule has 0 amide bonds. The van der Waals surface area contributed by atoms with Gasteiger partial charge in [0.2, 0.25) is 0 Å². The van der Waals surface area contributed by atoms with Crippen LogP contribution < -0.4 is 0 Å². The first-order valence-corrected chi connectivity index (χ1v) is 12.8. The molecule has 0 aliphatic heterocycles. The Hall–Kier alpha value is -2.04. The van der Waals surface area contributed by atoms with E-state index in [2.05, 4.69) is 62.5 Å². The zero-order valence-electron chi connectivity index (χ0n) is 17.4. The molecule has 148 valence electrons. The number of fused-ring (bicyclic) bond motifs is 1. The Morgan fingerprint density at radius 1 is 1.07 bits per heavy atom. The molecule has 3 aromatic rings. The van der Waals surface area contributed by atoms with Crippen molar-refractivity contribution in [1.29, 1.82) is 0 Å². The average Bonchev–Trinajstić information content (AvgIpc) is 3.02. The van der Waals surface area contributed by atoms with Crippen molar-refractivity contribution >= 4 is 36.7 Å². The predicted molar refractivity (Wildman–Crippen MR) is 120 cm³/mol. The van der Waals surface area contributed by atoms with Crippen LogP contribution in [-0.4, -0.2) is 25.5 Å². The maximum Gasteiger partial charge on any atom is 0.317 e. The summed E-state index contributed by atoms with van der Waals surface area (Å²) >= 11 is 6.07. The van der Waals surface area contributed by atoms with Crippen LogP contribution in [0.15, 0.2) is 54.7 Å². The van der Waals surface area contributed by atoms with Gasteiger partial charge < -0.3 is 8.97 Å². The molecule has 5 heteroatoms. The molecule has 2 aromatic carbocycles. The molecule has 28 heavy (non-hydrogen) atoms. The molecule has 0 bridgehead atoms. The number of para-hydroxylation sites is 1. The van der Waals surface area contributed by atoms with Gasteiger partial charge in [-0.1, -0.05) is 75.8 Å². The van der Waals surface area contributed by atoms with Crippen LogP contribution in [0.1, 0.15) is 37.8 Å². The first kappa shape index (κ1) is 20.7. The number of aromatic nitrogens is 1. The summed E-state index contributed by atoms with van der Waals surface area (Å²) in [4.78, 5) is 12.8. The van der Waals surface area contributed by atoms with E-state index in [1.165, 1.54) is 12.6 Å². The Morgan fingerprint density at radius 2 is 1.68 bits per heavy atom. The highest BCUT2D eigenvalue weighted by Crippen LogP contribution is 2.42. The molecule has 0 N–H and O–H groups in total. The van der Waals surface area contributed by atoms with Gasteiger partial charge in [-0.25, -0.2) is 0 Å². The van der Waals surface area contributed by atoms with Crippen molar-refractivity contribution in [3.05, 3.63) is 70.9 Å². The molecule has 0 aliphatic carbocycles. The third-order valence-electron chi connectivity index (χ3n) is 6.13. The molecule has 0 fully saturated rings. The normalized spacial score (nSPS) is 13.5. The number of hydrogen-bond donors (Lipinski definition) is 0. The van der Waals surface area contributed by atoms with Crippen LogP contribution in [0.3, 0.4) is 0 Å². The highest BCUT2D eigenvalue weighted by atomic mass is 35.5. The summed E-state index contributed by atoms with van der Waals surface area (Å²) in [6, 6.07) is 15.8. The van der Waals surface area contributed by atoms with Crippen molar-refractivity contribution in [2.75, 3.05) is 7.11 Å². The van der Waals surface area contributed by atoms with Crippen molar-refractivity contribution in [2.45, 2.75) is 44.8 Å². The molecular formula is C23H28ClNO2Si. The number of benzene rings is 2. The van der Waals surface area contributed by atoms with Crippen LogP contribution in [0.5, 0.6) is 0 Å². The summed E-state index contributed by atoms with van der Waals surface area (Å²) in [6.07, 6.45) is 2.18. The van der Waals surface area contributed by atoms with E-state index < -0.39 is 14.2 Å². The van der Waals surface area contributed by atoms with E-state index in [1.807, 2.05) is 30.3 Å². The predicted octanol–water partition coefficient (Wildman–Crippen LogP) is 6.45. The van der Waals surface area contributed by atoms with Gasteiger partial charge in [0.25, 0.3) is 0 Å². The first-order chi connectivity index (χ1) is 13.1. The highest BCUT2D eigenvalue weighted by Gasteiger charge is 2.39. The van der Waals surface area contributed by atoms with E-state index in [9.17, 15) is 4.79 Å². The van der Waals surface area contributed by atoms with Crippen LogP contribution in [0.4, 0.5) is 0 Å². The van der Waals surface area contributed by atoms with Crippen molar-refractivity contribution in [3.63, 3.8) is 0 Å². The molecular weight excluding hydrogens is 386 g/mol. The summed E-state index contributed by atoms with van der Waals surface area (Å²) in [5.74, 6) is -0.751. The molecule has 1 aromatic heterocycles. The van der Waals surface area contributed by atoms with Gasteiger partial charge in [-0.15, -0.1) is 0 Å². The van der Waals surface area contributed by atoms with E-state index in [1.54, 1.807) is 0 Å². The quantitative estimate of drug-likeness (QED) is 0.363. The second-order valence-corrected chi connectivity index (χ2v) is 14.3. The minimum absolute atomic E-state index is 0.160. The van der Waals surface area contributed by atoms with Gasteiger partial charge in [-0.05, 0) is 34.4 Å². The minimum atomic E-state index is -1.88. The van der Waals surface area contributed by atoms with E-state index in [4.69, 9.17) is 16.3 Å². The van der Waals surface area contributed by atoms with Crippen LogP contribution >= 0.6 is 11.6 Å². The molecule has 1 heterocycles. The number of esters is 1. The number of hydrogen-bond acceptors (Lipinski definition) is 2. The lowest BCUT2D eigenvalue weighted by Crippen LogP contribution is -2.44. The number of carbonyl (C=O) groups excluding carboxylic acids is 1. The first-order valence-electron chi connectivity index (χ1n) is 9.51. The smallest absolute Gasteiger partial charge is 0.317 e. The zero-order chi connectivity index (χ0) is 20.7. The average molecular weight is 414 g/mol. The number of rotatable bonds is 4. The molecule has 0 aliphatic rings. The number of nitrogens with zero attached hydrogens (tertiary/aromatic N) is 1. The van der Waals surface area contributed by atoms with Crippen LogP contribution in [-0.2, 0) is 9.53 Å². The van der Waals surface area contributed by atoms with Gasteiger partial charge in [0.05, 0.1) is 7.11 Å². The molecule has 3 rings (SSSR count). The van der Waals surface area contributed by atoms with Gasteiger partial charge >= 0.3 is 5.97 Å². The van der Waals surface area contributed by atoms with E-state index >= 15 is 0 Å². The Bertz CT molecular complexity index is 1000. The monoisotopic (exact) mass is 413 g/mol. The number of ether oxygens (including phenoxy) is 1. The highest BCUT2D eigenvalue weighted by molar-refractivity contribution is 6.79. The van der Waals surface area contributed by atoms with Gasteiger partial charge in [0.15, 0.2) is 8.24 Å². The summed E-state index contributed by atoms with van der Waals surface area (Å²) in [6.45, 7) is 11.6. The number of methoxy groups -OCH3 is 1. The van der Waals surface area contributed by atoms with Gasteiger partial charge in [-0.3, -0.25) is 4.79 Å². The summed E-state index contributed by atoms with van der Waals surface area (Å²) in [5, 5.41) is 1.90. The molecule has 0 saturated heterocycles. The maximum absolute atomic E-state index is 12.8. The lowest BCUT2D eigenvalue weighted by Gasteiger charge is -2.38. The molecule has 0 unspecified atom stereocenters. The molecule has 0 saturated carbocycles. The van der Waals surface area contributed by atoms with Gasteiger partial charge in [0.1, 0.15) is 5.92 Å². The maximum atomic E-state index is 12.8. The van der Waals surface area contributed by atoms with Crippen LogP contribution in [0.2, 0.25) is 23.2 Å². The Kier molecular flexibility index (Phi) is 5.48. The molecule has 0 spiro atoms. The molecule has 0 radical (unpaired) electrons. The topological polar surface area (TPSA) is 31.2 Å². The van der Waals surface area contributed by atoms with Crippen molar-refractivity contribution in [2.24, 2.45) is 0 Å². The standard InChI is InChI=1S/C23H28ClNO2Si/c1-23(2,3)28(5,6)25-15-19(18-9-7-8-10-20(18)25)21(22(26)27-4)16-11-13-17(24)14-12-16/h7-15,21H,1-6H3/t21-/m0/s1. The lowest BCUT2D eigenvalue weighted by atomic mass is 9.91. The number of carbonyl (C=O) groups is 1. The fourth-order valence-corrected chi connectivity index (χ4v) is 5.58. The van der Waals surface area contributed by atoms with Gasteiger partial charge in [-0.2, -0.15) is 0 Å². The Balaban J connectivity index is 2.29. The molecule has 3 nitrogen and oxygen atoms in total. The van der Waals surface area contributed by atoms with Crippen molar-refractivity contribution in [3.8, 4) is 0 Å². The van der Waals surface area contributed by atoms with E-state index in [0.29, 0.717) is 5.02 Å². The van der Waals surface area contributed by atoms with Crippen LogP contribution in [0, 0.1) is 0 Å². The fraction of sp³-hybridized carbons (Fsp3) is 0.348.